The van der Waals surface area contributed by atoms with Gasteiger partial charge >= 0.3 is 0 Å². The Bertz CT molecular complexity index is 512. The first kappa shape index (κ1) is 12.6. The van der Waals surface area contributed by atoms with E-state index >= 15 is 0 Å². The Morgan fingerprint density at radius 1 is 1.56 bits per heavy atom. The molecule has 1 amide bonds. The van der Waals surface area contributed by atoms with Gasteiger partial charge in [0.05, 0.1) is 5.56 Å². The number of nitrogens with one attached hydrogen (secondary N) is 1. The van der Waals surface area contributed by atoms with Crippen molar-refractivity contribution in [1.29, 1.82) is 0 Å². The van der Waals surface area contributed by atoms with E-state index < -0.39 is 5.56 Å². The number of piperidine rings is 1. The summed E-state index contributed by atoms with van der Waals surface area (Å²) in [6, 6.07) is 2.58. The molecule has 4 N–H and O–H groups in total. The van der Waals surface area contributed by atoms with Crippen LogP contribution in [0.4, 0.5) is 0 Å². The number of likely N-dealkylation sites (tertiary alicyclic amines) is 1. The lowest BCUT2D eigenvalue weighted by molar-refractivity contribution is 0.0663. The highest BCUT2D eigenvalue weighted by atomic mass is 16.3. The lowest BCUT2D eigenvalue weighted by Gasteiger charge is -2.35. The third kappa shape index (κ3) is 2.53. The van der Waals surface area contributed by atoms with Gasteiger partial charge in [0.1, 0.15) is 0 Å². The molecule has 0 radical (unpaired) electrons. The summed E-state index contributed by atoms with van der Waals surface area (Å²) < 4.78 is 0. The highest BCUT2D eigenvalue weighted by Gasteiger charge is 2.27. The van der Waals surface area contributed by atoms with E-state index in [0.29, 0.717) is 13.1 Å². The van der Waals surface area contributed by atoms with Gasteiger partial charge in [0.15, 0.2) is 5.88 Å². The van der Waals surface area contributed by atoms with Crippen molar-refractivity contribution < 1.29 is 9.90 Å². The van der Waals surface area contributed by atoms with Crippen molar-refractivity contribution in [2.24, 2.45) is 11.7 Å². The molecule has 0 aromatic carbocycles. The number of pyridine rings is 1. The van der Waals surface area contributed by atoms with Crippen LogP contribution < -0.4 is 11.3 Å². The lowest BCUT2D eigenvalue weighted by Crippen LogP contribution is -2.48. The third-order valence-electron chi connectivity index (χ3n) is 3.34. The number of rotatable bonds is 1. The number of carbonyl (C=O) groups excluding carboxylic acids is 1. The number of nitrogens with zero attached hydrogens (tertiary/aromatic N) is 1. The molecule has 2 unspecified atom stereocenters. The molecule has 1 aliphatic heterocycles. The zero-order valence-corrected chi connectivity index (χ0v) is 10.2. The van der Waals surface area contributed by atoms with Gasteiger partial charge in [0.2, 0.25) is 0 Å². The molecule has 18 heavy (non-hydrogen) atoms. The molecular formula is C12H17N3O3. The first-order chi connectivity index (χ1) is 8.47. The van der Waals surface area contributed by atoms with Crippen molar-refractivity contribution in [2.45, 2.75) is 19.4 Å². The molecule has 2 atom stereocenters. The second-order valence-electron chi connectivity index (χ2n) is 4.80. The zero-order chi connectivity index (χ0) is 13.3. The number of aromatic nitrogens is 1. The number of carbonyl (C=O) groups is 1. The largest absolute Gasteiger partial charge is 0.494 e. The van der Waals surface area contributed by atoms with Gasteiger partial charge in [-0.05, 0) is 12.3 Å². The summed E-state index contributed by atoms with van der Waals surface area (Å²) in [5.74, 6) is -0.305. The van der Waals surface area contributed by atoms with Crippen molar-refractivity contribution in [3.8, 4) is 5.88 Å². The van der Waals surface area contributed by atoms with Gasteiger partial charge in [-0.3, -0.25) is 14.6 Å². The minimum Gasteiger partial charge on any atom is -0.494 e. The van der Waals surface area contributed by atoms with E-state index in [2.05, 4.69) is 4.98 Å². The van der Waals surface area contributed by atoms with Crippen LogP contribution in [0.2, 0.25) is 0 Å². The summed E-state index contributed by atoms with van der Waals surface area (Å²) in [6.07, 6.45) is 0.752. The van der Waals surface area contributed by atoms with Crippen molar-refractivity contribution in [3.63, 3.8) is 0 Å². The monoisotopic (exact) mass is 251 g/mol. The van der Waals surface area contributed by atoms with Crippen molar-refractivity contribution in [2.75, 3.05) is 13.1 Å². The van der Waals surface area contributed by atoms with E-state index in [-0.39, 0.29) is 29.3 Å². The molecule has 1 aliphatic rings. The third-order valence-corrected chi connectivity index (χ3v) is 3.34. The summed E-state index contributed by atoms with van der Waals surface area (Å²) in [7, 11) is 0. The highest BCUT2D eigenvalue weighted by molar-refractivity contribution is 5.94. The van der Waals surface area contributed by atoms with Crippen molar-refractivity contribution in [1.82, 2.24) is 9.88 Å². The minimum atomic E-state index is -0.486. The van der Waals surface area contributed by atoms with Crippen LogP contribution in [-0.4, -0.2) is 40.0 Å². The fourth-order valence-electron chi connectivity index (χ4n) is 2.18. The second kappa shape index (κ2) is 4.81. The van der Waals surface area contributed by atoms with Crippen LogP contribution in [0.15, 0.2) is 16.9 Å². The van der Waals surface area contributed by atoms with E-state index in [1.807, 2.05) is 6.92 Å². The topological polar surface area (TPSA) is 99.4 Å². The molecule has 1 saturated heterocycles. The van der Waals surface area contributed by atoms with Crippen molar-refractivity contribution in [3.05, 3.63) is 28.0 Å². The van der Waals surface area contributed by atoms with Gasteiger partial charge in [-0.1, -0.05) is 6.92 Å². The average molecular weight is 251 g/mol. The van der Waals surface area contributed by atoms with E-state index in [4.69, 9.17) is 5.73 Å². The van der Waals surface area contributed by atoms with Crippen LogP contribution in [-0.2, 0) is 0 Å². The van der Waals surface area contributed by atoms with Crippen LogP contribution in [0, 0.1) is 5.92 Å². The molecule has 0 aliphatic carbocycles. The SMILES string of the molecule is CC1CN(C(=O)c2cc(O)[nH]c(=O)c2)CCC1N. The highest BCUT2D eigenvalue weighted by Crippen LogP contribution is 2.17. The van der Waals surface area contributed by atoms with Crippen LogP contribution in [0.3, 0.4) is 0 Å². The summed E-state index contributed by atoms with van der Waals surface area (Å²) in [5.41, 5.74) is 5.62. The molecular weight excluding hydrogens is 234 g/mol. The number of amides is 1. The first-order valence-corrected chi connectivity index (χ1v) is 5.95. The second-order valence-corrected chi connectivity index (χ2v) is 4.80. The maximum Gasteiger partial charge on any atom is 0.254 e. The lowest BCUT2D eigenvalue weighted by atomic mass is 9.94. The van der Waals surface area contributed by atoms with Crippen LogP contribution in [0.1, 0.15) is 23.7 Å². The Hall–Kier alpha value is -1.82. The van der Waals surface area contributed by atoms with E-state index in [9.17, 15) is 14.7 Å². The van der Waals surface area contributed by atoms with E-state index in [1.54, 1.807) is 4.90 Å². The normalized spacial score (nSPS) is 24.0. The zero-order valence-electron chi connectivity index (χ0n) is 10.2. The maximum absolute atomic E-state index is 12.2. The number of aromatic hydroxyl groups is 1. The molecule has 0 bridgehead atoms. The molecule has 2 heterocycles. The Morgan fingerprint density at radius 3 is 2.89 bits per heavy atom. The summed E-state index contributed by atoms with van der Waals surface area (Å²) in [5, 5.41) is 9.29. The average Bonchev–Trinajstić information content (AvgIpc) is 2.30. The molecule has 98 valence electrons. The van der Waals surface area contributed by atoms with Crippen LogP contribution >= 0.6 is 0 Å². The Morgan fingerprint density at radius 2 is 2.28 bits per heavy atom. The number of hydrogen-bond donors (Lipinski definition) is 3. The van der Waals surface area contributed by atoms with Crippen LogP contribution in [0.5, 0.6) is 5.88 Å². The van der Waals surface area contributed by atoms with Gasteiger partial charge in [0.25, 0.3) is 11.5 Å². The Kier molecular flexibility index (Phi) is 3.38. The molecule has 2 rings (SSSR count). The molecule has 1 aromatic heterocycles. The Labute approximate surface area is 104 Å². The van der Waals surface area contributed by atoms with Gasteiger partial charge in [-0.25, -0.2) is 0 Å². The fraction of sp³-hybridized carbons (Fsp3) is 0.500. The first-order valence-electron chi connectivity index (χ1n) is 5.95. The molecule has 1 fully saturated rings. The number of hydrogen-bond acceptors (Lipinski definition) is 4. The maximum atomic E-state index is 12.2. The van der Waals surface area contributed by atoms with E-state index in [1.165, 1.54) is 12.1 Å². The fourth-order valence-corrected chi connectivity index (χ4v) is 2.18. The van der Waals surface area contributed by atoms with Crippen molar-refractivity contribution >= 4 is 5.91 Å². The van der Waals surface area contributed by atoms with Gasteiger partial charge < -0.3 is 15.7 Å². The number of aromatic amines is 1. The molecule has 6 heteroatoms. The number of nitrogens with two attached hydrogens (primary N) is 1. The quantitative estimate of drug-likeness (QED) is 0.648. The summed E-state index contributed by atoms with van der Waals surface area (Å²) in [6.45, 7) is 3.16. The van der Waals surface area contributed by atoms with Gasteiger partial charge in [0, 0.05) is 31.3 Å². The summed E-state index contributed by atoms with van der Waals surface area (Å²) in [4.78, 5) is 27.2. The molecule has 0 saturated carbocycles. The van der Waals surface area contributed by atoms with Crippen LogP contribution in [0.25, 0.3) is 0 Å². The molecule has 6 nitrogen and oxygen atoms in total. The Balaban J connectivity index is 2.19. The summed E-state index contributed by atoms with van der Waals surface area (Å²) >= 11 is 0. The van der Waals surface area contributed by atoms with E-state index in [0.717, 1.165) is 6.42 Å². The smallest absolute Gasteiger partial charge is 0.254 e. The van der Waals surface area contributed by atoms with Gasteiger partial charge in [-0.15, -0.1) is 0 Å². The molecule has 0 spiro atoms. The standard InChI is InChI=1S/C12H17N3O3/c1-7-6-15(3-2-9(7)13)12(18)8-4-10(16)14-11(17)5-8/h4-5,7,9H,2-3,6,13H2,1H3,(H2,14,16,17). The van der Waals surface area contributed by atoms with Gasteiger partial charge in [-0.2, -0.15) is 0 Å². The molecule has 1 aromatic rings. The number of H-pyrrole nitrogens is 1. The predicted octanol–water partition coefficient (Wildman–Crippen LogP) is -0.110. The minimum absolute atomic E-state index is 0.113. The predicted molar refractivity (Wildman–Crippen MR) is 66.4 cm³/mol.